The van der Waals surface area contributed by atoms with E-state index in [4.69, 9.17) is 0 Å². The molecular formula is C32H36F2N5O6PS. The number of carbonyl (C=O) groups is 3. The summed E-state index contributed by atoms with van der Waals surface area (Å²) in [5, 5.41) is 3.60. The molecule has 0 aliphatic carbocycles. The zero-order valence-corrected chi connectivity index (χ0v) is 27.2. The third-order valence-corrected chi connectivity index (χ3v) is 11.8. The average Bonchev–Trinajstić information content (AvgIpc) is 3.55. The van der Waals surface area contributed by atoms with Crippen LogP contribution >= 0.6 is 18.9 Å². The number of hydrogen-bond acceptors (Lipinski definition) is 7. The Kier molecular flexibility index (Phi) is 8.57. The number of likely N-dealkylation sites (tertiary alicyclic amines) is 1. The number of benzene rings is 1. The number of amides is 3. The van der Waals surface area contributed by atoms with Gasteiger partial charge in [0.1, 0.15) is 12.1 Å². The van der Waals surface area contributed by atoms with Crippen LogP contribution in [0.4, 0.5) is 14.5 Å². The Hall–Kier alpha value is -3.45. The molecule has 7 rings (SSSR count). The largest absolute Gasteiger partial charge is 0.370 e. The van der Waals surface area contributed by atoms with Gasteiger partial charge in [-0.25, -0.2) is 8.78 Å². The molecule has 0 unspecified atom stereocenters. The van der Waals surface area contributed by atoms with Gasteiger partial charge < -0.3 is 29.8 Å². The fourth-order valence-corrected chi connectivity index (χ4v) is 9.06. The van der Waals surface area contributed by atoms with Crippen LogP contribution in [-0.2, 0) is 20.3 Å². The van der Waals surface area contributed by atoms with Crippen LogP contribution < -0.4 is 10.2 Å². The monoisotopic (exact) mass is 687 g/mol. The van der Waals surface area contributed by atoms with E-state index in [9.17, 15) is 37.5 Å². The molecular weight excluding hydrogens is 651 g/mol. The smallest absolute Gasteiger partial charge is 0.329 e. The van der Waals surface area contributed by atoms with Crippen LogP contribution in [-0.4, -0.2) is 93.0 Å². The summed E-state index contributed by atoms with van der Waals surface area (Å²) in [6.45, 7) is 1.53. The van der Waals surface area contributed by atoms with E-state index in [1.807, 2.05) is 11.0 Å². The molecule has 3 aromatic rings. The second-order valence-electron chi connectivity index (χ2n) is 13.1. The summed E-state index contributed by atoms with van der Waals surface area (Å²) in [5.41, 5.74) is 2.30. The van der Waals surface area contributed by atoms with E-state index in [-0.39, 0.29) is 29.9 Å². The number of aromatic nitrogens is 1. The van der Waals surface area contributed by atoms with E-state index >= 15 is 0 Å². The van der Waals surface area contributed by atoms with Crippen LogP contribution in [0.1, 0.15) is 58.8 Å². The Morgan fingerprint density at radius 3 is 2.60 bits per heavy atom. The Bertz CT molecular complexity index is 1760. The van der Waals surface area contributed by atoms with Crippen LogP contribution in [0, 0.1) is 5.92 Å². The van der Waals surface area contributed by atoms with Gasteiger partial charge in [0, 0.05) is 66.5 Å². The van der Waals surface area contributed by atoms with Gasteiger partial charge in [0.25, 0.3) is 5.91 Å². The molecule has 0 bridgehead atoms. The van der Waals surface area contributed by atoms with E-state index in [0.717, 1.165) is 35.2 Å². The summed E-state index contributed by atoms with van der Waals surface area (Å²) < 4.78 is 38.4. The van der Waals surface area contributed by atoms with E-state index in [0.29, 0.717) is 54.8 Å². The Labute approximate surface area is 274 Å². The SMILES string of the molecule is O=C(N[C@H]1CCC[C@H]2CC[C@@H](C(=O)N3CC(c4cnccc4N4CC(C(F)F)C4)C3)N2C1=O)c1cc2cc(CP(=O)(O)O)ccc2s1. The lowest BCUT2D eigenvalue weighted by atomic mass is 9.88. The maximum atomic E-state index is 13.9. The van der Waals surface area contributed by atoms with E-state index < -0.39 is 37.9 Å². The number of anilines is 1. The van der Waals surface area contributed by atoms with E-state index in [1.165, 1.54) is 11.3 Å². The van der Waals surface area contributed by atoms with Crippen molar-refractivity contribution in [2.75, 3.05) is 31.1 Å². The molecule has 11 nitrogen and oxygen atoms in total. The lowest BCUT2D eigenvalue weighted by molar-refractivity contribution is -0.148. The molecule has 0 saturated carbocycles. The molecule has 4 saturated heterocycles. The maximum absolute atomic E-state index is 13.9. The van der Waals surface area contributed by atoms with Crippen LogP contribution in [0.15, 0.2) is 42.7 Å². The summed E-state index contributed by atoms with van der Waals surface area (Å²) >= 11 is 1.24. The minimum atomic E-state index is -4.24. The summed E-state index contributed by atoms with van der Waals surface area (Å²) in [6.07, 6.45) is 3.92. The van der Waals surface area contributed by atoms with Crippen LogP contribution in [0.2, 0.25) is 0 Å². The minimum absolute atomic E-state index is 0.0338. The van der Waals surface area contributed by atoms with Crippen molar-refractivity contribution in [1.29, 1.82) is 0 Å². The van der Waals surface area contributed by atoms with Gasteiger partial charge in [-0.3, -0.25) is 23.9 Å². The molecule has 4 aliphatic heterocycles. The van der Waals surface area contributed by atoms with Gasteiger partial charge in [-0.2, -0.15) is 0 Å². The summed E-state index contributed by atoms with van der Waals surface area (Å²) in [6, 6.07) is 7.09. The molecule has 0 radical (unpaired) electrons. The highest BCUT2D eigenvalue weighted by Gasteiger charge is 2.48. The van der Waals surface area contributed by atoms with Gasteiger partial charge in [0.15, 0.2) is 0 Å². The van der Waals surface area contributed by atoms with Crippen molar-refractivity contribution in [3.63, 3.8) is 0 Å². The molecule has 250 valence electrons. The zero-order valence-electron chi connectivity index (χ0n) is 25.5. The van der Waals surface area contributed by atoms with Crippen LogP contribution in [0.25, 0.3) is 10.1 Å². The number of pyridine rings is 1. The first-order valence-corrected chi connectivity index (χ1v) is 18.5. The number of nitrogens with zero attached hydrogens (tertiary/aromatic N) is 4. The van der Waals surface area contributed by atoms with Gasteiger partial charge in [-0.1, -0.05) is 6.07 Å². The van der Waals surface area contributed by atoms with E-state index in [1.54, 1.807) is 46.5 Å². The zero-order chi connectivity index (χ0) is 33.0. The van der Waals surface area contributed by atoms with Gasteiger partial charge in [0.2, 0.25) is 18.2 Å². The number of carbonyl (C=O) groups excluding carboxylic acids is 3. The van der Waals surface area contributed by atoms with E-state index in [2.05, 4.69) is 10.3 Å². The Balaban J connectivity index is 0.998. The first-order valence-electron chi connectivity index (χ1n) is 15.9. The normalized spacial score (nSPS) is 23.9. The number of hydrogen-bond donors (Lipinski definition) is 3. The van der Waals surface area contributed by atoms with Crippen molar-refractivity contribution in [3.05, 3.63) is 58.7 Å². The standard InChI is InChI=1S/C32H36F2N5O6PS/c33-29(34)21-15-37(16-21)25-8-9-35-12-23(25)20-13-38(14-20)32(42)26-6-5-22-2-1-3-24(31(41)39(22)26)36-30(40)28-11-19-10-18(17-46(43,44)45)4-7-27(19)47-28/h4,7-12,20-22,24,26,29H,1-3,5-6,13-17H2,(H,36,40)(H2,43,44,45)/t22-,24-,26-/m0/s1. The van der Waals surface area contributed by atoms with Crippen LogP contribution in [0.5, 0.6) is 0 Å². The second-order valence-corrected chi connectivity index (χ2v) is 15.9. The van der Waals surface area contributed by atoms with Crippen molar-refractivity contribution in [3.8, 4) is 0 Å². The number of halogens is 2. The lowest BCUT2D eigenvalue weighted by Crippen LogP contribution is -2.58. The van der Waals surface area contributed by atoms with Gasteiger partial charge in [-0.05, 0) is 67.3 Å². The predicted molar refractivity (Wildman–Crippen MR) is 172 cm³/mol. The molecule has 2 aromatic heterocycles. The third kappa shape index (κ3) is 6.40. The highest BCUT2D eigenvalue weighted by atomic mass is 32.1. The summed E-state index contributed by atoms with van der Waals surface area (Å²) in [5.74, 6) is -1.36. The van der Waals surface area contributed by atoms with Gasteiger partial charge >= 0.3 is 7.60 Å². The summed E-state index contributed by atoms with van der Waals surface area (Å²) in [7, 11) is -4.24. The van der Waals surface area contributed by atoms with Crippen molar-refractivity contribution < 1.29 is 37.5 Å². The number of rotatable bonds is 8. The first-order chi connectivity index (χ1) is 22.4. The van der Waals surface area contributed by atoms with Crippen molar-refractivity contribution in [1.82, 2.24) is 20.1 Å². The molecule has 0 spiro atoms. The molecule has 4 fully saturated rings. The molecule has 1 aromatic carbocycles. The second kappa shape index (κ2) is 12.5. The Morgan fingerprint density at radius 1 is 1.06 bits per heavy atom. The minimum Gasteiger partial charge on any atom is -0.370 e. The molecule has 3 atom stereocenters. The predicted octanol–water partition coefficient (Wildman–Crippen LogP) is 3.94. The quantitative estimate of drug-likeness (QED) is 0.303. The summed E-state index contributed by atoms with van der Waals surface area (Å²) in [4.78, 5) is 69.7. The maximum Gasteiger partial charge on any atom is 0.329 e. The lowest BCUT2D eigenvalue weighted by Gasteiger charge is -2.46. The molecule has 3 amide bonds. The molecule has 4 aliphatic rings. The number of alkyl halides is 2. The molecule has 3 N–H and O–H groups in total. The van der Waals surface area contributed by atoms with Crippen molar-refractivity contribution in [2.45, 2.75) is 68.7 Å². The molecule has 6 heterocycles. The first kappa shape index (κ1) is 32.1. The fourth-order valence-electron chi connectivity index (χ4n) is 7.44. The highest BCUT2D eigenvalue weighted by molar-refractivity contribution is 7.50. The average molecular weight is 688 g/mol. The Morgan fingerprint density at radius 2 is 1.85 bits per heavy atom. The number of fused-ring (bicyclic) bond motifs is 2. The third-order valence-electron chi connectivity index (χ3n) is 9.94. The topological polar surface area (TPSA) is 143 Å². The van der Waals surface area contributed by atoms with Gasteiger partial charge in [-0.15, -0.1) is 11.3 Å². The van der Waals surface area contributed by atoms with Crippen molar-refractivity contribution >= 4 is 52.4 Å². The number of thiophene rings is 1. The van der Waals surface area contributed by atoms with Crippen molar-refractivity contribution in [2.24, 2.45) is 5.92 Å². The van der Waals surface area contributed by atoms with Crippen LogP contribution in [0.3, 0.4) is 0 Å². The fraction of sp³-hybridized carbons (Fsp3) is 0.500. The molecule has 15 heteroatoms. The highest BCUT2D eigenvalue weighted by Crippen LogP contribution is 2.41. The number of nitrogens with one attached hydrogen (secondary N) is 1. The molecule has 47 heavy (non-hydrogen) atoms. The van der Waals surface area contributed by atoms with Gasteiger partial charge in [0.05, 0.1) is 17.0 Å².